The van der Waals surface area contributed by atoms with Gasteiger partial charge in [-0.1, -0.05) is 48.5 Å². The van der Waals surface area contributed by atoms with Gasteiger partial charge < -0.3 is 9.47 Å². The maximum Gasteiger partial charge on any atom is 0.211 e. The summed E-state index contributed by atoms with van der Waals surface area (Å²) in [6, 6.07) is 18.8. The summed E-state index contributed by atoms with van der Waals surface area (Å²) >= 11 is 0. The smallest absolute Gasteiger partial charge is 0.211 e. The van der Waals surface area contributed by atoms with E-state index < -0.39 is 5.92 Å². The van der Waals surface area contributed by atoms with E-state index in [-0.39, 0.29) is 24.3 Å². The van der Waals surface area contributed by atoms with E-state index in [1.165, 1.54) is 22.3 Å². The molecule has 0 bridgehead atoms. The molecule has 0 aromatic heterocycles. The van der Waals surface area contributed by atoms with Gasteiger partial charge in [0.25, 0.3) is 0 Å². The van der Waals surface area contributed by atoms with Crippen molar-refractivity contribution in [2.75, 3.05) is 0 Å². The van der Waals surface area contributed by atoms with Gasteiger partial charge in [0.05, 0.1) is 6.07 Å². The van der Waals surface area contributed by atoms with Crippen molar-refractivity contribution in [3.05, 3.63) is 70.8 Å². The summed E-state index contributed by atoms with van der Waals surface area (Å²) in [6.45, 7) is 0. The number of fused-ring (bicyclic) bond motifs is 6. The van der Waals surface area contributed by atoms with Crippen molar-refractivity contribution in [1.82, 2.24) is 0 Å². The third kappa shape index (κ3) is 2.10. The van der Waals surface area contributed by atoms with E-state index in [9.17, 15) is 5.26 Å². The Bertz CT molecular complexity index is 974. The van der Waals surface area contributed by atoms with Crippen molar-refractivity contribution in [3.63, 3.8) is 0 Å². The molecule has 4 aliphatic rings. The maximum absolute atomic E-state index is 9.79. The number of benzene rings is 2. The molecule has 132 valence electrons. The minimum atomic E-state index is -0.666. The van der Waals surface area contributed by atoms with Crippen molar-refractivity contribution >= 4 is 11.8 Å². The Kier molecular flexibility index (Phi) is 3.01. The zero-order chi connectivity index (χ0) is 18.0. The van der Waals surface area contributed by atoms with Gasteiger partial charge in [-0.3, -0.25) is 0 Å². The first-order chi connectivity index (χ1) is 13.3. The molecule has 0 spiro atoms. The lowest BCUT2D eigenvalue weighted by Gasteiger charge is -2.14. The monoisotopic (exact) mass is 355 g/mol. The molecule has 2 aromatic rings. The summed E-state index contributed by atoms with van der Waals surface area (Å²) in [7, 11) is 0. The van der Waals surface area contributed by atoms with Gasteiger partial charge in [0, 0.05) is 12.8 Å². The number of hydrogen-bond donors (Lipinski definition) is 0. The lowest BCUT2D eigenvalue weighted by molar-refractivity contribution is 0.187. The average molecular weight is 355 g/mol. The Morgan fingerprint density at radius 1 is 0.815 bits per heavy atom. The van der Waals surface area contributed by atoms with Crippen LogP contribution in [-0.4, -0.2) is 24.0 Å². The molecule has 0 unspecified atom stereocenters. The first-order valence-corrected chi connectivity index (χ1v) is 9.36. The molecule has 2 aliphatic carbocycles. The highest BCUT2D eigenvalue weighted by Gasteiger charge is 2.46. The summed E-state index contributed by atoms with van der Waals surface area (Å²) in [5.41, 5.74) is 4.97. The molecule has 6 rings (SSSR count). The number of aliphatic imine (C=N–C) groups is 2. The van der Waals surface area contributed by atoms with Crippen LogP contribution in [0.4, 0.5) is 0 Å². The van der Waals surface area contributed by atoms with E-state index in [1.807, 2.05) is 24.3 Å². The summed E-state index contributed by atoms with van der Waals surface area (Å²) in [5, 5.41) is 9.79. The van der Waals surface area contributed by atoms with Crippen LogP contribution < -0.4 is 0 Å². The first-order valence-electron chi connectivity index (χ1n) is 9.36. The number of ether oxygens (including phenoxy) is 2. The van der Waals surface area contributed by atoms with Gasteiger partial charge in [-0.2, -0.15) is 5.26 Å². The predicted octanol–water partition coefficient (Wildman–Crippen LogP) is 3.32. The fourth-order valence-corrected chi connectivity index (χ4v) is 4.74. The largest absolute Gasteiger partial charge is 0.473 e. The minimum Gasteiger partial charge on any atom is -0.473 e. The van der Waals surface area contributed by atoms with E-state index >= 15 is 0 Å². The van der Waals surface area contributed by atoms with Gasteiger partial charge in [-0.25, -0.2) is 9.98 Å². The van der Waals surface area contributed by atoms with Crippen LogP contribution in [-0.2, 0) is 22.3 Å². The van der Waals surface area contributed by atoms with Crippen LogP contribution in [0.3, 0.4) is 0 Å². The summed E-state index contributed by atoms with van der Waals surface area (Å²) in [6.07, 6.45) is 1.63. The second-order valence-corrected chi connectivity index (χ2v) is 7.50. The predicted molar refractivity (Wildman–Crippen MR) is 99.5 cm³/mol. The Hall–Kier alpha value is -3.13. The van der Waals surface area contributed by atoms with E-state index in [4.69, 9.17) is 19.5 Å². The van der Waals surface area contributed by atoms with E-state index in [1.54, 1.807) is 0 Å². The Morgan fingerprint density at radius 2 is 1.30 bits per heavy atom. The minimum absolute atomic E-state index is 0.0181. The van der Waals surface area contributed by atoms with Crippen LogP contribution >= 0.6 is 0 Å². The van der Waals surface area contributed by atoms with Crippen molar-refractivity contribution < 1.29 is 9.47 Å². The topological polar surface area (TPSA) is 67.0 Å². The molecule has 0 saturated carbocycles. The SMILES string of the molecule is N#CC(C1=N[C@H]2c3ccccc3C[C@@H]2O1)C1=N[C@H]2c3ccccc3C[C@@H]2O1. The molecular weight excluding hydrogens is 338 g/mol. The molecule has 2 aromatic carbocycles. The number of hydrogen-bond acceptors (Lipinski definition) is 5. The number of nitrogens with zero attached hydrogens (tertiary/aromatic N) is 3. The quantitative estimate of drug-likeness (QED) is 0.830. The van der Waals surface area contributed by atoms with Gasteiger partial charge in [0.15, 0.2) is 5.92 Å². The Labute approximate surface area is 157 Å². The molecule has 0 saturated heterocycles. The van der Waals surface area contributed by atoms with Crippen LogP contribution in [0.15, 0.2) is 58.5 Å². The third-order valence-electron chi connectivity index (χ3n) is 5.99. The van der Waals surface area contributed by atoms with Crippen molar-refractivity contribution in [2.45, 2.75) is 37.1 Å². The van der Waals surface area contributed by atoms with Gasteiger partial charge in [-0.15, -0.1) is 0 Å². The van der Waals surface area contributed by atoms with Crippen molar-refractivity contribution in [1.29, 1.82) is 5.26 Å². The third-order valence-corrected chi connectivity index (χ3v) is 5.99. The highest BCUT2D eigenvalue weighted by atomic mass is 16.5. The van der Waals surface area contributed by atoms with Gasteiger partial charge in [-0.05, 0) is 22.3 Å². The lowest BCUT2D eigenvalue weighted by Crippen LogP contribution is -2.27. The average Bonchev–Trinajstić information content (AvgIpc) is 3.41. The van der Waals surface area contributed by atoms with Crippen LogP contribution in [0.1, 0.15) is 34.3 Å². The molecule has 0 N–H and O–H groups in total. The highest BCUT2D eigenvalue weighted by molar-refractivity contribution is 6.04. The van der Waals surface area contributed by atoms with E-state index in [0.717, 1.165) is 12.8 Å². The van der Waals surface area contributed by atoms with Crippen LogP contribution in [0.5, 0.6) is 0 Å². The zero-order valence-corrected chi connectivity index (χ0v) is 14.6. The molecule has 2 aliphatic heterocycles. The van der Waals surface area contributed by atoms with Gasteiger partial charge >= 0.3 is 0 Å². The standard InChI is InChI=1S/C22H17N3O2/c23-11-16(21-24-19-14-7-3-1-5-12(14)9-17(19)26-21)22-25-20-15-8-4-2-6-13(15)10-18(20)27-22/h1-8,16-20H,9-10H2/t17-,18-,19-,20-/m0/s1. The van der Waals surface area contributed by atoms with Crippen LogP contribution in [0.2, 0.25) is 0 Å². The molecule has 0 radical (unpaired) electrons. The van der Waals surface area contributed by atoms with Crippen molar-refractivity contribution in [2.24, 2.45) is 15.9 Å². The van der Waals surface area contributed by atoms with Crippen molar-refractivity contribution in [3.8, 4) is 6.07 Å². The van der Waals surface area contributed by atoms with Gasteiger partial charge in [0.2, 0.25) is 11.8 Å². The molecule has 27 heavy (non-hydrogen) atoms. The maximum atomic E-state index is 9.79. The fraction of sp³-hybridized carbons (Fsp3) is 0.318. The van der Waals surface area contributed by atoms with Gasteiger partial charge in [0.1, 0.15) is 24.3 Å². The second kappa shape index (κ2) is 5.43. The molecule has 0 fully saturated rings. The molecule has 5 heteroatoms. The highest BCUT2D eigenvalue weighted by Crippen LogP contribution is 2.43. The second-order valence-electron chi connectivity index (χ2n) is 7.50. The van der Waals surface area contributed by atoms with Crippen LogP contribution in [0.25, 0.3) is 0 Å². The fourth-order valence-electron chi connectivity index (χ4n) is 4.74. The summed E-state index contributed by atoms with van der Waals surface area (Å²) in [4.78, 5) is 9.51. The number of rotatable bonds is 2. The summed E-state index contributed by atoms with van der Waals surface area (Å²) < 4.78 is 12.2. The Balaban J connectivity index is 1.31. The zero-order valence-electron chi connectivity index (χ0n) is 14.6. The summed E-state index contributed by atoms with van der Waals surface area (Å²) in [5.74, 6) is 0.239. The van der Waals surface area contributed by atoms with E-state index in [0.29, 0.717) is 11.8 Å². The first kappa shape index (κ1) is 15.0. The van der Waals surface area contributed by atoms with Crippen LogP contribution in [0, 0.1) is 17.2 Å². The van der Waals surface area contributed by atoms with E-state index in [2.05, 4.69) is 30.3 Å². The molecule has 5 nitrogen and oxygen atoms in total. The molecule has 4 atom stereocenters. The Morgan fingerprint density at radius 3 is 1.78 bits per heavy atom. The molecule has 0 amide bonds. The molecular formula is C22H17N3O2. The normalized spacial score (nSPS) is 29.0. The molecule has 2 heterocycles. The lowest BCUT2D eigenvalue weighted by atomic mass is 10.1. The number of nitriles is 1.